The molecular formula is C23H16BrN3O3S. The Morgan fingerprint density at radius 2 is 1.58 bits per heavy atom. The number of hydrogen-bond donors (Lipinski definition) is 0. The topological polar surface area (TPSA) is 72.3 Å². The summed E-state index contributed by atoms with van der Waals surface area (Å²) in [6.07, 6.45) is 1.49. The van der Waals surface area contributed by atoms with E-state index < -0.39 is 0 Å². The Morgan fingerprint density at radius 1 is 0.935 bits per heavy atom. The average molecular weight is 494 g/mol. The van der Waals surface area contributed by atoms with E-state index >= 15 is 0 Å². The number of imide groups is 1. The van der Waals surface area contributed by atoms with E-state index in [0.29, 0.717) is 21.3 Å². The quantitative estimate of drug-likeness (QED) is 0.392. The number of fused-ring (bicyclic) bond motifs is 2. The molecule has 1 aliphatic heterocycles. The van der Waals surface area contributed by atoms with Crippen molar-refractivity contribution in [2.75, 3.05) is 6.54 Å². The lowest BCUT2D eigenvalue weighted by molar-refractivity contribution is 0.0648. The molecule has 0 unspecified atom stereocenters. The second-order valence-electron chi connectivity index (χ2n) is 7.27. The Hall–Kier alpha value is -3.10. The fourth-order valence-electron chi connectivity index (χ4n) is 3.91. The highest BCUT2D eigenvalue weighted by Gasteiger charge is 2.34. The summed E-state index contributed by atoms with van der Waals surface area (Å²) in [6, 6.07) is 14.6. The standard InChI is InChI=1S/C23H16BrN3O3S/c1-13-18(14-6-8-15(24)9-7-14)19-20(31-13)25-12-26(23(19)30)10-11-27-21(28)16-4-2-3-5-17(16)22(27)29/h2-9,12H,10-11H2,1H3. The maximum Gasteiger partial charge on any atom is 0.262 e. The first-order valence-electron chi connectivity index (χ1n) is 9.65. The van der Waals surface area contributed by atoms with E-state index in [-0.39, 0.29) is 30.5 Å². The predicted molar refractivity (Wildman–Crippen MR) is 124 cm³/mol. The SMILES string of the molecule is Cc1sc2ncn(CCN3C(=O)c4ccccc4C3=O)c(=O)c2c1-c1ccc(Br)cc1. The number of benzene rings is 2. The van der Waals surface area contributed by atoms with Crippen LogP contribution in [0.5, 0.6) is 0 Å². The number of rotatable bonds is 4. The molecule has 31 heavy (non-hydrogen) atoms. The van der Waals surface area contributed by atoms with Crippen LogP contribution in [0.15, 0.2) is 64.1 Å². The summed E-state index contributed by atoms with van der Waals surface area (Å²) in [7, 11) is 0. The third kappa shape index (κ3) is 3.23. The maximum atomic E-state index is 13.3. The molecule has 3 heterocycles. The molecular weight excluding hydrogens is 478 g/mol. The van der Waals surface area contributed by atoms with Gasteiger partial charge in [-0.25, -0.2) is 4.98 Å². The minimum absolute atomic E-state index is 0.107. The first kappa shape index (κ1) is 19.8. The van der Waals surface area contributed by atoms with Gasteiger partial charge in [-0.15, -0.1) is 11.3 Å². The van der Waals surface area contributed by atoms with Crippen molar-refractivity contribution in [3.63, 3.8) is 0 Å². The number of aromatic nitrogens is 2. The first-order valence-corrected chi connectivity index (χ1v) is 11.3. The molecule has 0 spiro atoms. The van der Waals surface area contributed by atoms with Crippen molar-refractivity contribution in [2.24, 2.45) is 0 Å². The van der Waals surface area contributed by atoms with Gasteiger partial charge in [-0.2, -0.15) is 0 Å². The molecule has 0 bridgehead atoms. The fourth-order valence-corrected chi connectivity index (χ4v) is 5.18. The zero-order valence-corrected chi connectivity index (χ0v) is 18.9. The van der Waals surface area contributed by atoms with Crippen molar-refractivity contribution in [3.8, 4) is 11.1 Å². The smallest absolute Gasteiger partial charge is 0.262 e. The fraction of sp³-hybridized carbons (Fsp3) is 0.130. The van der Waals surface area contributed by atoms with Crippen molar-refractivity contribution in [2.45, 2.75) is 13.5 Å². The summed E-state index contributed by atoms with van der Waals surface area (Å²) < 4.78 is 2.44. The summed E-state index contributed by atoms with van der Waals surface area (Å²) in [4.78, 5) is 45.9. The van der Waals surface area contributed by atoms with Gasteiger partial charge >= 0.3 is 0 Å². The minimum Gasteiger partial charge on any atom is -0.297 e. The molecule has 2 amide bonds. The van der Waals surface area contributed by atoms with Crippen molar-refractivity contribution in [1.29, 1.82) is 0 Å². The molecule has 0 fully saturated rings. The number of aryl methyl sites for hydroxylation is 1. The number of hydrogen-bond acceptors (Lipinski definition) is 5. The second-order valence-corrected chi connectivity index (χ2v) is 9.39. The maximum absolute atomic E-state index is 13.3. The Balaban J connectivity index is 1.49. The molecule has 0 radical (unpaired) electrons. The van der Waals surface area contributed by atoms with Crippen molar-refractivity contribution < 1.29 is 9.59 Å². The van der Waals surface area contributed by atoms with E-state index in [1.54, 1.807) is 24.3 Å². The highest BCUT2D eigenvalue weighted by Crippen LogP contribution is 2.35. The lowest BCUT2D eigenvalue weighted by Gasteiger charge is -2.14. The molecule has 0 atom stereocenters. The lowest BCUT2D eigenvalue weighted by Crippen LogP contribution is -2.35. The number of carbonyl (C=O) groups is 2. The largest absolute Gasteiger partial charge is 0.297 e. The highest BCUT2D eigenvalue weighted by molar-refractivity contribution is 9.10. The molecule has 2 aromatic carbocycles. The normalized spacial score (nSPS) is 13.3. The number of nitrogens with zero attached hydrogens (tertiary/aromatic N) is 3. The van der Waals surface area contributed by atoms with Gasteiger partial charge in [0.05, 0.1) is 22.8 Å². The second kappa shape index (κ2) is 7.55. The number of thiophene rings is 1. The van der Waals surface area contributed by atoms with Crippen molar-refractivity contribution in [3.05, 3.63) is 85.7 Å². The Morgan fingerprint density at radius 3 is 2.23 bits per heavy atom. The molecule has 154 valence electrons. The predicted octanol–water partition coefficient (Wildman–Crippen LogP) is 4.49. The molecule has 0 saturated carbocycles. The third-order valence-corrected chi connectivity index (χ3v) is 6.97. The average Bonchev–Trinajstić information content (AvgIpc) is 3.23. The Bertz CT molecular complexity index is 1390. The number of halogens is 1. The molecule has 0 aliphatic carbocycles. The van der Waals surface area contributed by atoms with Crippen LogP contribution in [0.2, 0.25) is 0 Å². The van der Waals surface area contributed by atoms with Gasteiger partial charge in [0.1, 0.15) is 4.83 Å². The van der Waals surface area contributed by atoms with E-state index in [4.69, 9.17) is 0 Å². The van der Waals surface area contributed by atoms with Crippen LogP contribution < -0.4 is 5.56 Å². The van der Waals surface area contributed by atoms with Crippen LogP contribution in [0.3, 0.4) is 0 Å². The van der Waals surface area contributed by atoms with Crippen LogP contribution in [-0.2, 0) is 6.54 Å². The minimum atomic E-state index is -0.329. The van der Waals surface area contributed by atoms with Crippen molar-refractivity contribution >= 4 is 49.3 Å². The number of carbonyl (C=O) groups excluding carboxylic acids is 2. The van der Waals surface area contributed by atoms with Crippen LogP contribution in [-0.4, -0.2) is 32.8 Å². The molecule has 0 saturated heterocycles. The summed E-state index contributed by atoms with van der Waals surface area (Å²) in [5.74, 6) is -0.658. The number of amides is 2. The van der Waals surface area contributed by atoms with Gasteiger partial charge in [0.25, 0.3) is 17.4 Å². The van der Waals surface area contributed by atoms with Crippen LogP contribution in [0.4, 0.5) is 0 Å². The van der Waals surface area contributed by atoms with Crippen LogP contribution >= 0.6 is 27.3 Å². The molecule has 0 N–H and O–H groups in total. The van der Waals surface area contributed by atoms with Gasteiger partial charge in [0, 0.05) is 28.0 Å². The van der Waals surface area contributed by atoms with Crippen molar-refractivity contribution in [1.82, 2.24) is 14.5 Å². The monoisotopic (exact) mass is 493 g/mol. The van der Waals surface area contributed by atoms with Gasteiger partial charge < -0.3 is 0 Å². The first-order chi connectivity index (χ1) is 15.0. The molecule has 6 nitrogen and oxygen atoms in total. The van der Waals surface area contributed by atoms with E-state index in [2.05, 4.69) is 20.9 Å². The lowest BCUT2D eigenvalue weighted by atomic mass is 10.0. The summed E-state index contributed by atoms with van der Waals surface area (Å²) >= 11 is 4.92. The van der Waals surface area contributed by atoms with E-state index in [0.717, 1.165) is 20.5 Å². The third-order valence-electron chi connectivity index (χ3n) is 5.43. The highest BCUT2D eigenvalue weighted by atomic mass is 79.9. The zero-order chi connectivity index (χ0) is 21.7. The van der Waals surface area contributed by atoms with Gasteiger partial charge in [-0.3, -0.25) is 23.9 Å². The van der Waals surface area contributed by atoms with Gasteiger partial charge in [-0.05, 0) is 36.8 Å². The summed E-state index contributed by atoms with van der Waals surface area (Å²) in [6.45, 7) is 2.27. The molecule has 5 rings (SSSR count). The van der Waals surface area contributed by atoms with Crippen LogP contribution in [0.1, 0.15) is 25.6 Å². The van der Waals surface area contributed by atoms with Gasteiger partial charge in [0.2, 0.25) is 0 Å². The van der Waals surface area contributed by atoms with Crippen LogP contribution in [0.25, 0.3) is 21.3 Å². The van der Waals surface area contributed by atoms with E-state index in [9.17, 15) is 14.4 Å². The summed E-state index contributed by atoms with van der Waals surface area (Å²) in [5.41, 5.74) is 2.45. The van der Waals surface area contributed by atoms with E-state index in [1.807, 2.05) is 31.2 Å². The van der Waals surface area contributed by atoms with Crippen LogP contribution in [0, 0.1) is 6.92 Å². The molecule has 1 aliphatic rings. The van der Waals surface area contributed by atoms with Gasteiger partial charge in [0.15, 0.2) is 0 Å². The Labute approximate surface area is 189 Å². The van der Waals surface area contributed by atoms with Gasteiger partial charge in [-0.1, -0.05) is 40.2 Å². The Kier molecular flexibility index (Phi) is 4.83. The zero-order valence-electron chi connectivity index (χ0n) is 16.5. The molecule has 2 aromatic heterocycles. The van der Waals surface area contributed by atoms with E-state index in [1.165, 1.54) is 27.1 Å². The molecule has 8 heteroatoms. The molecule has 4 aromatic rings. The summed E-state index contributed by atoms with van der Waals surface area (Å²) in [5, 5.41) is 0.565.